The van der Waals surface area contributed by atoms with E-state index < -0.39 is 0 Å². The van der Waals surface area contributed by atoms with Gasteiger partial charge in [-0.25, -0.2) is 0 Å². The summed E-state index contributed by atoms with van der Waals surface area (Å²) in [5.41, 5.74) is 0.461. The molecule has 0 bridgehead atoms. The highest BCUT2D eigenvalue weighted by Gasteiger charge is 2.41. The van der Waals surface area contributed by atoms with Gasteiger partial charge in [-0.2, -0.15) is 0 Å². The van der Waals surface area contributed by atoms with E-state index in [0.29, 0.717) is 17.2 Å². The van der Waals surface area contributed by atoms with Gasteiger partial charge in [0.25, 0.3) is 0 Å². The topological polar surface area (TPSA) is 32.3 Å². The molecule has 122 valence electrons. The molecule has 0 radical (unpaired) electrons. The molecule has 1 amide bonds. The summed E-state index contributed by atoms with van der Waals surface area (Å²) in [6.07, 6.45) is 12.6. The average Bonchev–Trinajstić information content (AvgIpc) is 2.82. The molecule has 3 nitrogen and oxygen atoms in total. The Morgan fingerprint density at radius 1 is 0.952 bits per heavy atom. The third-order valence-electron chi connectivity index (χ3n) is 5.87. The first kappa shape index (κ1) is 17.1. The molecule has 3 fully saturated rings. The van der Waals surface area contributed by atoms with Crippen molar-refractivity contribution >= 4 is 18.3 Å². The van der Waals surface area contributed by atoms with Gasteiger partial charge < -0.3 is 10.2 Å². The summed E-state index contributed by atoms with van der Waals surface area (Å²) in [5, 5.41) is 3.46. The van der Waals surface area contributed by atoms with Crippen molar-refractivity contribution in [3.05, 3.63) is 0 Å². The molecule has 1 saturated carbocycles. The van der Waals surface area contributed by atoms with Crippen molar-refractivity contribution in [1.29, 1.82) is 0 Å². The highest BCUT2D eigenvalue weighted by Crippen LogP contribution is 2.39. The molecule has 21 heavy (non-hydrogen) atoms. The Bertz CT molecular complexity index is 334. The summed E-state index contributed by atoms with van der Waals surface area (Å²) < 4.78 is 0. The highest BCUT2D eigenvalue weighted by molar-refractivity contribution is 5.85. The largest absolute Gasteiger partial charge is 0.342 e. The SMILES string of the molecule is Cl.O=C(C1CCCCCCC1)N1CCC2(CCNCC2)C1. The fourth-order valence-corrected chi connectivity index (χ4v) is 4.45. The Balaban J connectivity index is 0.00000161. The molecular weight excluding hydrogens is 284 g/mol. The molecule has 1 N–H and O–H groups in total. The van der Waals surface area contributed by atoms with E-state index >= 15 is 0 Å². The Kier molecular flexibility index (Phi) is 6.36. The molecule has 3 aliphatic rings. The number of amides is 1. The van der Waals surface area contributed by atoms with Crippen LogP contribution in [0.2, 0.25) is 0 Å². The van der Waals surface area contributed by atoms with Crippen LogP contribution >= 0.6 is 12.4 Å². The molecule has 2 saturated heterocycles. The maximum Gasteiger partial charge on any atom is 0.225 e. The van der Waals surface area contributed by atoms with E-state index in [2.05, 4.69) is 10.2 Å². The molecule has 4 heteroatoms. The molecule has 0 aromatic heterocycles. The number of carbonyl (C=O) groups excluding carboxylic acids is 1. The second-order valence-electron chi connectivity index (χ2n) is 7.30. The van der Waals surface area contributed by atoms with Crippen LogP contribution in [0.3, 0.4) is 0 Å². The molecule has 1 aliphatic carbocycles. The van der Waals surface area contributed by atoms with Crippen molar-refractivity contribution in [1.82, 2.24) is 10.2 Å². The summed E-state index contributed by atoms with van der Waals surface area (Å²) in [6.45, 7) is 4.36. The Labute approximate surface area is 135 Å². The Morgan fingerprint density at radius 3 is 2.24 bits per heavy atom. The van der Waals surface area contributed by atoms with Crippen LogP contribution < -0.4 is 5.32 Å². The fourth-order valence-electron chi connectivity index (χ4n) is 4.45. The Morgan fingerprint density at radius 2 is 1.57 bits per heavy atom. The zero-order valence-corrected chi connectivity index (χ0v) is 14.1. The summed E-state index contributed by atoms with van der Waals surface area (Å²) in [7, 11) is 0. The van der Waals surface area contributed by atoms with Crippen molar-refractivity contribution in [3.8, 4) is 0 Å². The van der Waals surface area contributed by atoms with Crippen LogP contribution in [-0.4, -0.2) is 37.0 Å². The molecule has 0 aromatic rings. The van der Waals surface area contributed by atoms with E-state index in [1.807, 2.05) is 0 Å². The number of rotatable bonds is 1. The minimum absolute atomic E-state index is 0. The lowest BCUT2D eigenvalue weighted by molar-refractivity contribution is -0.135. The monoisotopic (exact) mass is 314 g/mol. The summed E-state index contributed by atoms with van der Waals surface area (Å²) in [4.78, 5) is 15.0. The maximum absolute atomic E-state index is 12.8. The maximum atomic E-state index is 12.8. The summed E-state index contributed by atoms with van der Waals surface area (Å²) in [5.74, 6) is 0.828. The van der Waals surface area contributed by atoms with Crippen LogP contribution in [0, 0.1) is 11.3 Å². The molecule has 0 unspecified atom stereocenters. The summed E-state index contributed by atoms with van der Waals surface area (Å²) in [6, 6.07) is 0. The molecule has 0 aromatic carbocycles. The highest BCUT2D eigenvalue weighted by atomic mass is 35.5. The van der Waals surface area contributed by atoms with Gasteiger partial charge >= 0.3 is 0 Å². The summed E-state index contributed by atoms with van der Waals surface area (Å²) >= 11 is 0. The van der Waals surface area contributed by atoms with Crippen LogP contribution in [0.4, 0.5) is 0 Å². The number of halogens is 1. The van der Waals surface area contributed by atoms with E-state index in [0.717, 1.165) is 39.0 Å². The van der Waals surface area contributed by atoms with Crippen LogP contribution in [0.1, 0.15) is 64.2 Å². The first-order valence-corrected chi connectivity index (χ1v) is 8.79. The predicted octanol–water partition coefficient (Wildman–Crippen LogP) is 3.37. The molecular formula is C17H31ClN2O. The molecule has 2 heterocycles. The van der Waals surface area contributed by atoms with Gasteiger partial charge in [0, 0.05) is 19.0 Å². The van der Waals surface area contributed by atoms with E-state index in [-0.39, 0.29) is 12.4 Å². The second-order valence-corrected chi connectivity index (χ2v) is 7.30. The number of nitrogens with zero attached hydrogens (tertiary/aromatic N) is 1. The van der Waals surface area contributed by atoms with E-state index in [1.165, 1.54) is 51.4 Å². The van der Waals surface area contributed by atoms with Gasteiger partial charge in [0.1, 0.15) is 0 Å². The minimum atomic E-state index is 0. The minimum Gasteiger partial charge on any atom is -0.342 e. The number of hydrogen-bond acceptors (Lipinski definition) is 2. The lowest BCUT2D eigenvalue weighted by atomic mass is 9.78. The normalized spacial score (nSPS) is 27.0. The third-order valence-corrected chi connectivity index (χ3v) is 5.87. The first-order valence-electron chi connectivity index (χ1n) is 8.79. The molecule has 1 spiro atoms. The standard InChI is InChI=1S/C17H30N2O.ClH/c20-16(15-6-4-2-1-3-5-7-15)19-13-10-17(14-19)8-11-18-12-9-17;/h15,18H,1-14H2;1H. The smallest absolute Gasteiger partial charge is 0.225 e. The Hall–Kier alpha value is -0.280. The van der Waals surface area contributed by atoms with Gasteiger partial charge in [-0.15, -0.1) is 12.4 Å². The van der Waals surface area contributed by atoms with E-state index in [4.69, 9.17) is 0 Å². The second kappa shape index (κ2) is 7.82. The quantitative estimate of drug-likeness (QED) is 0.805. The van der Waals surface area contributed by atoms with Gasteiger partial charge in [0.2, 0.25) is 5.91 Å². The fraction of sp³-hybridized carbons (Fsp3) is 0.941. The van der Waals surface area contributed by atoms with Crippen LogP contribution in [0.15, 0.2) is 0 Å². The van der Waals surface area contributed by atoms with Gasteiger partial charge in [0.05, 0.1) is 0 Å². The first-order chi connectivity index (χ1) is 9.79. The van der Waals surface area contributed by atoms with Crippen LogP contribution in [0.5, 0.6) is 0 Å². The van der Waals surface area contributed by atoms with E-state index in [9.17, 15) is 4.79 Å². The molecule has 2 aliphatic heterocycles. The molecule has 3 rings (SSSR count). The number of carbonyl (C=O) groups is 1. The van der Waals surface area contributed by atoms with Crippen molar-refractivity contribution in [2.45, 2.75) is 64.2 Å². The van der Waals surface area contributed by atoms with Crippen molar-refractivity contribution in [2.24, 2.45) is 11.3 Å². The zero-order chi connectivity index (χ0) is 13.8. The van der Waals surface area contributed by atoms with Crippen molar-refractivity contribution in [2.75, 3.05) is 26.2 Å². The number of nitrogens with one attached hydrogen (secondary N) is 1. The number of likely N-dealkylation sites (tertiary alicyclic amines) is 1. The predicted molar refractivity (Wildman–Crippen MR) is 88.8 cm³/mol. The zero-order valence-electron chi connectivity index (χ0n) is 13.2. The van der Waals surface area contributed by atoms with E-state index in [1.54, 1.807) is 0 Å². The van der Waals surface area contributed by atoms with Crippen LogP contribution in [0.25, 0.3) is 0 Å². The lowest BCUT2D eigenvalue weighted by Gasteiger charge is -2.34. The van der Waals surface area contributed by atoms with Gasteiger partial charge in [-0.05, 0) is 50.6 Å². The third kappa shape index (κ3) is 4.13. The number of hydrogen-bond donors (Lipinski definition) is 1. The van der Waals surface area contributed by atoms with Crippen LogP contribution in [-0.2, 0) is 4.79 Å². The average molecular weight is 315 g/mol. The van der Waals surface area contributed by atoms with Gasteiger partial charge in [0.15, 0.2) is 0 Å². The lowest BCUT2D eigenvalue weighted by Crippen LogP contribution is -2.41. The van der Waals surface area contributed by atoms with Gasteiger partial charge in [-0.1, -0.05) is 32.1 Å². The number of piperidine rings is 1. The van der Waals surface area contributed by atoms with Crippen molar-refractivity contribution in [3.63, 3.8) is 0 Å². The molecule has 0 atom stereocenters. The van der Waals surface area contributed by atoms with Gasteiger partial charge in [-0.3, -0.25) is 4.79 Å². The van der Waals surface area contributed by atoms with Crippen molar-refractivity contribution < 1.29 is 4.79 Å².